The van der Waals surface area contributed by atoms with Crippen molar-refractivity contribution < 1.29 is 28.3 Å². The zero-order chi connectivity index (χ0) is 31.1. The normalized spacial score (nSPS) is 11.0. The minimum absolute atomic E-state index is 0.00502. The standard InChI is InChI=1S/C33H30N4O7/c1-22-7-8-23(2)36(22)26-13-15-28(16-14-26)42-21-29-17-18-31(44-29)33(38)35-34-19-25-5-4-6-30(41-3)32(25)43-20-24-9-11-27(12-10-24)37(39)40/h4-19H,20-21H2,1-3H3,(H,35,38). The Hall–Kier alpha value is -5.84. The van der Waals surface area contributed by atoms with Crippen LogP contribution < -0.4 is 19.6 Å². The van der Waals surface area contributed by atoms with Gasteiger partial charge in [0.2, 0.25) is 0 Å². The van der Waals surface area contributed by atoms with Crippen LogP contribution in [0, 0.1) is 24.0 Å². The van der Waals surface area contributed by atoms with Crippen molar-refractivity contribution in [1.29, 1.82) is 0 Å². The van der Waals surface area contributed by atoms with Crippen LogP contribution in [0.3, 0.4) is 0 Å². The molecule has 0 spiro atoms. The van der Waals surface area contributed by atoms with E-state index in [0.717, 1.165) is 22.6 Å². The summed E-state index contributed by atoms with van der Waals surface area (Å²) in [6, 6.07) is 26.4. The number of amides is 1. The molecular weight excluding hydrogens is 564 g/mol. The lowest BCUT2D eigenvalue weighted by atomic mass is 10.2. The first-order chi connectivity index (χ1) is 21.3. The molecule has 1 N–H and O–H groups in total. The third-order valence-electron chi connectivity index (χ3n) is 6.76. The second-order valence-electron chi connectivity index (χ2n) is 9.79. The van der Waals surface area contributed by atoms with E-state index in [-0.39, 0.29) is 24.7 Å². The molecule has 5 rings (SSSR count). The van der Waals surface area contributed by atoms with Gasteiger partial charge in [0.05, 0.1) is 18.2 Å². The number of nitrogens with zero attached hydrogens (tertiary/aromatic N) is 3. The van der Waals surface area contributed by atoms with Gasteiger partial charge in [-0.15, -0.1) is 0 Å². The highest BCUT2D eigenvalue weighted by Crippen LogP contribution is 2.31. The second kappa shape index (κ2) is 13.4. The third kappa shape index (κ3) is 6.96. The molecule has 2 heterocycles. The maximum Gasteiger partial charge on any atom is 0.307 e. The average Bonchev–Trinajstić information content (AvgIpc) is 3.65. The number of aryl methyl sites for hydroxylation is 2. The van der Waals surface area contributed by atoms with E-state index in [9.17, 15) is 14.9 Å². The number of nitro benzene ring substituents is 1. The summed E-state index contributed by atoms with van der Waals surface area (Å²) in [4.78, 5) is 23.1. The fourth-order valence-corrected chi connectivity index (χ4v) is 4.53. The van der Waals surface area contributed by atoms with Crippen LogP contribution in [0.25, 0.3) is 5.69 Å². The Morgan fingerprint density at radius 3 is 2.34 bits per heavy atom. The first-order valence-electron chi connectivity index (χ1n) is 13.7. The molecule has 0 saturated carbocycles. The Bertz CT molecular complexity index is 1770. The van der Waals surface area contributed by atoms with Crippen LogP contribution in [0.15, 0.2) is 101 Å². The summed E-state index contributed by atoms with van der Waals surface area (Å²) in [6.07, 6.45) is 1.43. The van der Waals surface area contributed by atoms with Crippen molar-refractivity contribution in [3.8, 4) is 22.9 Å². The van der Waals surface area contributed by atoms with E-state index < -0.39 is 10.8 Å². The fraction of sp³-hybridized carbons (Fsp3) is 0.152. The maximum atomic E-state index is 12.7. The number of aromatic nitrogens is 1. The van der Waals surface area contributed by atoms with Gasteiger partial charge in [-0.3, -0.25) is 14.9 Å². The monoisotopic (exact) mass is 594 g/mol. The Kier molecular flexibility index (Phi) is 9.05. The molecule has 224 valence electrons. The molecule has 0 atom stereocenters. The minimum Gasteiger partial charge on any atom is -0.493 e. The highest BCUT2D eigenvalue weighted by atomic mass is 16.6. The molecule has 0 aliphatic heterocycles. The van der Waals surface area contributed by atoms with Crippen molar-refractivity contribution >= 4 is 17.8 Å². The molecule has 2 aromatic heterocycles. The van der Waals surface area contributed by atoms with Crippen molar-refractivity contribution in [2.75, 3.05) is 7.11 Å². The number of benzene rings is 3. The van der Waals surface area contributed by atoms with E-state index in [1.807, 2.05) is 24.3 Å². The van der Waals surface area contributed by atoms with E-state index in [1.165, 1.54) is 25.5 Å². The lowest BCUT2D eigenvalue weighted by molar-refractivity contribution is -0.384. The molecule has 0 aliphatic rings. The van der Waals surface area contributed by atoms with E-state index in [2.05, 4.69) is 41.1 Å². The van der Waals surface area contributed by atoms with Crippen molar-refractivity contribution in [1.82, 2.24) is 9.99 Å². The van der Waals surface area contributed by atoms with Gasteiger partial charge in [-0.1, -0.05) is 6.07 Å². The van der Waals surface area contributed by atoms with E-state index in [1.54, 1.807) is 42.5 Å². The Morgan fingerprint density at radius 2 is 1.66 bits per heavy atom. The molecule has 0 fully saturated rings. The van der Waals surface area contributed by atoms with Gasteiger partial charge in [-0.25, -0.2) is 5.43 Å². The lowest BCUT2D eigenvalue weighted by Gasteiger charge is -2.13. The maximum absolute atomic E-state index is 12.7. The van der Waals surface area contributed by atoms with Crippen molar-refractivity contribution in [3.05, 3.63) is 135 Å². The SMILES string of the molecule is COc1cccc(C=NNC(=O)c2ccc(COc3ccc(-n4c(C)ccc4C)cc3)o2)c1OCc1ccc([N+](=O)[O-])cc1. The number of nitrogens with one attached hydrogen (secondary N) is 1. The summed E-state index contributed by atoms with van der Waals surface area (Å²) in [7, 11) is 1.51. The smallest absolute Gasteiger partial charge is 0.307 e. The molecule has 0 bridgehead atoms. The summed E-state index contributed by atoms with van der Waals surface area (Å²) in [6.45, 7) is 4.41. The number of para-hydroxylation sites is 1. The third-order valence-corrected chi connectivity index (χ3v) is 6.76. The Morgan fingerprint density at radius 1 is 0.932 bits per heavy atom. The van der Waals surface area contributed by atoms with Gasteiger partial charge in [0, 0.05) is 34.8 Å². The van der Waals surface area contributed by atoms with Gasteiger partial charge in [0.25, 0.3) is 5.69 Å². The number of carbonyl (C=O) groups excluding carboxylic acids is 1. The van der Waals surface area contributed by atoms with E-state index in [4.69, 9.17) is 18.6 Å². The van der Waals surface area contributed by atoms with Crippen LogP contribution in [-0.2, 0) is 13.2 Å². The highest BCUT2D eigenvalue weighted by molar-refractivity contribution is 5.93. The highest BCUT2D eigenvalue weighted by Gasteiger charge is 2.13. The summed E-state index contributed by atoms with van der Waals surface area (Å²) < 4.78 is 25.0. The number of furan rings is 1. The number of hydrazone groups is 1. The number of hydrogen-bond acceptors (Lipinski definition) is 8. The summed E-state index contributed by atoms with van der Waals surface area (Å²) >= 11 is 0. The number of ether oxygens (including phenoxy) is 3. The molecule has 44 heavy (non-hydrogen) atoms. The first kappa shape index (κ1) is 29.6. The van der Waals surface area contributed by atoms with Crippen LogP contribution >= 0.6 is 0 Å². The molecule has 0 aliphatic carbocycles. The lowest BCUT2D eigenvalue weighted by Crippen LogP contribution is -2.17. The molecule has 0 unspecified atom stereocenters. The van der Waals surface area contributed by atoms with Gasteiger partial charge in [0.1, 0.15) is 24.7 Å². The summed E-state index contributed by atoms with van der Waals surface area (Å²) in [5, 5.41) is 15.0. The average molecular weight is 595 g/mol. The molecule has 5 aromatic rings. The minimum atomic E-state index is -0.537. The number of nitro groups is 1. The van der Waals surface area contributed by atoms with Crippen LogP contribution in [0.5, 0.6) is 17.2 Å². The van der Waals surface area contributed by atoms with Gasteiger partial charge >= 0.3 is 5.91 Å². The van der Waals surface area contributed by atoms with Crippen LogP contribution in [0.1, 0.15) is 38.8 Å². The van der Waals surface area contributed by atoms with Gasteiger partial charge in [0.15, 0.2) is 17.3 Å². The molecule has 1 amide bonds. The number of hydrogen-bond donors (Lipinski definition) is 1. The molecule has 0 saturated heterocycles. The van der Waals surface area contributed by atoms with Crippen LogP contribution in [-0.4, -0.2) is 28.7 Å². The predicted molar refractivity (Wildman–Crippen MR) is 164 cm³/mol. The van der Waals surface area contributed by atoms with Gasteiger partial charge in [-0.2, -0.15) is 5.10 Å². The number of methoxy groups -OCH3 is 1. The Balaban J connectivity index is 1.17. The fourth-order valence-electron chi connectivity index (χ4n) is 4.53. The molecular formula is C33H30N4O7. The van der Waals surface area contributed by atoms with Crippen molar-refractivity contribution in [2.24, 2.45) is 5.10 Å². The molecule has 0 radical (unpaired) electrons. The second-order valence-corrected chi connectivity index (χ2v) is 9.79. The largest absolute Gasteiger partial charge is 0.493 e. The summed E-state index contributed by atoms with van der Waals surface area (Å²) in [5.41, 5.74) is 7.08. The van der Waals surface area contributed by atoms with Crippen LogP contribution in [0.4, 0.5) is 5.69 Å². The predicted octanol–water partition coefficient (Wildman–Crippen LogP) is 6.53. The van der Waals surface area contributed by atoms with Crippen molar-refractivity contribution in [3.63, 3.8) is 0 Å². The van der Waals surface area contributed by atoms with E-state index in [0.29, 0.717) is 28.6 Å². The zero-order valence-corrected chi connectivity index (χ0v) is 24.4. The zero-order valence-electron chi connectivity index (χ0n) is 24.4. The molecule has 11 nitrogen and oxygen atoms in total. The van der Waals surface area contributed by atoms with Gasteiger partial charge in [-0.05, 0) is 92.2 Å². The first-order valence-corrected chi connectivity index (χ1v) is 13.7. The number of non-ortho nitro benzene ring substituents is 1. The number of carbonyl (C=O) groups is 1. The quantitative estimate of drug-likeness (QED) is 0.0988. The Labute approximate surface area is 253 Å². The topological polar surface area (TPSA) is 130 Å². The van der Waals surface area contributed by atoms with E-state index >= 15 is 0 Å². The van der Waals surface area contributed by atoms with Gasteiger partial charge < -0.3 is 23.2 Å². The molecule has 3 aromatic carbocycles. The van der Waals surface area contributed by atoms with Crippen LogP contribution in [0.2, 0.25) is 0 Å². The number of rotatable bonds is 12. The van der Waals surface area contributed by atoms with Crippen molar-refractivity contribution in [2.45, 2.75) is 27.1 Å². The molecule has 11 heteroatoms. The summed E-state index contributed by atoms with van der Waals surface area (Å²) in [5.74, 6) is 1.56.